The summed E-state index contributed by atoms with van der Waals surface area (Å²) in [7, 11) is -2.23. The van der Waals surface area contributed by atoms with Crippen molar-refractivity contribution in [2.24, 2.45) is 0 Å². The van der Waals surface area contributed by atoms with E-state index in [0.717, 1.165) is 12.0 Å². The van der Waals surface area contributed by atoms with Crippen LogP contribution in [0.5, 0.6) is 11.5 Å². The number of ether oxygens (including phenoxy) is 2. The van der Waals surface area contributed by atoms with Gasteiger partial charge in [-0.2, -0.15) is 0 Å². The zero-order valence-corrected chi connectivity index (χ0v) is 19.3. The zero-order chi connectivity index (χ0) is 23.4. The Hall–Kier alpha value is -3.52. The zero-order valence-electron chi connectivity index (χ0n) is 18.5. The number of rotatable bonds is 6. The van der Waals surface area contributed by atoms with E-state index in [-0.39, 0.29) is 16.8 Å². The van der Waals surface area contributed by atoms with Crippen LogP contribution in [0.15, 0.2) is 77.7 Å². The van der Waals surface area contributed by atoms with E-state index in [4.69, 9.17) is 9.47 Å². The van der Waals surface area contributed by atoms with E-state index in [2.05, 4.69) is 5.32 Å². The Morgan fingerprint density at radius 1 is 0.939 bits per heavy atom. The van der Waals surface area contributed by atoms with Gasteiger partial charge in [-0.3, -0.25) is 9.10 Å². The molecule has 0 fully saturated rings. The number of para-hydroxylation sites is 1. The van der Waals surface area contributed by atoms with Gasteiger partial charge in [-0.1, -0.05) is 24.3 Å². The van der Waals surface area contributed by atoms with E-state index >= 15 is 0 Å². The molecule has 1 unspecified atom stereocenters. The lowest BCUT2D eigenvalue weighted by Crippen LogP contribution is -2.28. The van der Waals surface area contributed by atoms with E-state index < -0.39 is 10.0 Å². The van der Waals surface area contributed by atoms with E-state index in [9.17, 15) is 13.2 Å². The molecular formula is C25H26N2O5S. The van der Waals surface area contributed by atoms with Crippen molar-refractivity contribution < 1.29 is 22.7 Å². The van der Waals surface area contributed by atoms with Crippen molar-refractivity contribution in [3.05, 3.63) is 83.9 Å². The number of hydrogen-bond donors (Lipinski definition) is 1. The highest BCUT2D eigenvalue weighted by Gasteiger charge is 2.22. The van der Waals surface area contributed by atoms with Crippen molar-refractivity contribution in [1.82, 2.24) is 5.32 Å². The maximum absolute atomic E-state index is 12.9. The maximum atomic E-state index is 12.9. The molecule has 0 saturated carbocycles. The summed E-state index contributed by atoms with van der Waals surface area (Å²) in [5, 5.41) is 2.95. The summed E-state index contributed by atoms with van der Waals surface area (Å²) >= 11 is 0. The summed E-state index contributed by atoms with van der Waals surface area (Å²) in [4.78, 5) is 12.9. The van der Waals surface area contributed by atoms with Gasteiger partial charge in [-0.05, 0) is 61.0 Å². The fraction of sp³-hybridized carbons (Fsp3) is 0.240. The van der Waals surface area contributed by atoms with Crippen LogP contribution in [0.1, 0.15) is 35.3 Å². The highest BCUT2D eigenvalue weighted by atomic mass is 32.2. The number of sulfonamides is 1. The molecule has 0 radical (unpaired) electrons. The first-order valence-electron chi connectivity index (χ1n) is 10.7. The third kappa shape index (κ3) is 4.96. The Morgan fingerprint density at radius 3 is 2.30 bits per heavy atom. The summed E-state index contributed by atoms with van der Waals surface area (Å²) in [5.41, 5.74) is 1.82. The lowest BCUT2D eigenvalue weighted by atomic mass is 10.1. The molecule has 0 spiro atoms. The number of fused-ring (bicyclic) bond motifs is 1. The van der Waals surface area contributed by atoms with Crippen LogP contribution in [0.2, 0.25) is 0 Å². The smallest absolute Gasteiger partial charge is 0.264 e. The van der Waals surface area contributed by atoms with Gasteiger partial charge in [-0.25, -0.2) is 8.42 Å². The molecule has 3 aromatic carbocycles. The van der Waals surface area contributed by atoms with Crippen molar-refractivity contribution in [1.29, 1.82) is 0 Å². The molecular weight excluding hydrogens is 440 g/mol. The molecule has 1 aliphatic rings. The number of amides is 1. The molecule has 0 aromatic heterocycles. The van der Waals surface area contributed by atoms with Crippen LogP contribution in [-0.2, 0) is 10.0 Å². The highest BCUT2D eigenvalue weighted by molar-refractivity contribution is 7.92. The standard InChI is InChI=1S/C25H26N2O5S/c1-18(20-11-14-23-24(17-20)32-16-6-15-31-23)26-25(28)19-9-12-22(13-10-19)33(29,30)27(2)21-7-4-3-5-8-21/h3-5,7-14,17-18H,6,15-16H2,1-2H3,(H,26,28). The van der Waals surface area contributed by atoms with Crippen LogP contribution in [0, 0.1) is 0 Å². The molecule has 1 aliphatic heterocycles. The van der Waals surface area contributed by atoms with Gasteiger partial charge >= 0.3 is 0 Å². The third-order valence-electron chi connectivity index (χ3n) is 5.51. The Kier molecular flexibility index (Phi) is 6.55. The largest absolute Gasteiger partial charge is 0.490 e. The quantitative estimate of drug-likeness (QED) is 0.590. The second kappa shape index (κ2) is 9.54. The van der Waals surface area contributed by atoms with Crippen LogP contribution >= 0.6 is 0 Å². The van der Waals surface area contributed by atoms with Crippen molar-refractivity contribution in [2.75, 3.05) is 24.6 Å². The molecule has 0 aliphatic carbocycles. The molecule has 1 N–H and O–H groups in total. The van der Waals surface area contributed by atoms with Crippen molar-refractivity contribution in [2.45, 2.75) is 24.3 Å². The second-order valence-corrected chi connectivity index (χ2v) is 9.75. The molecule has 172 valence electrons. The Morgan fingerprint density at radius 2 is 1.61 bits per heavy atom. The predicted octanol–water partition coefficient (Wildman–Crippen LogP) is 4.16. The number of benzene rings is 3. The molecule has 1 heterocycles. The van der Waals surface area contributed by atoms with Gasteiger partial charge in [0.2, 0.25) is 0 Å². The van der Waals surface area contributed by atoms with Crippen molar-refractivity contribution in [3.8, 4) is 11.5 Å². The van der Waals surface area contributed by atoms with Gasteiger partial charge in [0.1, 0.15) is 0 Å². The fourth-order valence-corrected chi connectivity index (χ4v) is 4.72. The van der Waals surface area contributed by atoms with Gasteiger partial charge < -0.3 is 14.8 Å². The SMILES string of the molecule is CC(NC(=O)c1ccc(S(=O)(=O)N(C)c2ccccc2)cc1)c1ccc2c(c1)OCCCO2. The summed E-state index contributed by atoms with van der Waals surface area (Å²) < 4.78 is 38.4. The molecule has 1 amide bonds. The monoisotopic (exact) mass is 466 g/mol. The lowest BCUT2D eigenvalue weighted by molar-refractivity contribution is 0.0939. The molecule has 7 nitrogen and oxygen atoms in total. The van der Waals surface area contributed by atoms with Crippen LogP contribution < -0.4 is 19.1 Å². The molecule has 0 saturated heterocycles. The van der Waals surface area contributed by atoms with Gasteiger partial charge in [0, 0.05) is 19.0 Å². The fourth-order valence-electron chi connectivity index (χ4n) is 3.53. The van der Waals surface area contributed by atoms with Crippen molar-refractivity contribution >= 4 is 21.6 Å². The molecule has 3 aromatic rings. The van der Waals surface area contributed by atoms with E-state index in [1.165, 1.54) is 35.6 Å². The molecule has 4 rings (SSSR count). The average molecular weight is 467 g/mol. The predicted molar refractivity (Wildman–Crippen MR) is 126 cm³/mol. The van der Waals surface area contributed by atoms with Gasteiger partial charge in [0.15, 0.2) is 11.5 Å². The number of nitrogens with one attached hydrogen (secondary N) is 1. The minimum absolute atomic E-state index is 0.112. The summed E-state index contributed by atoms with van der Waals surface area (Å²) in [5.74, 6) is 1.07. The first kappa shape index (κ1) is 22.7. The lowest BCUT2D eigenvalue weighted by Gasteiger charge is -2.20. The Balaban J connectivity index is 1.46. The van der Waals surface area contributed by atoms with Crippen LogP contribution in [0.3, 0.4) is 0 Å². The molecule has 1 atom stereocenters. The van der Waals surface area contributed by atoms with Gasteiger partial charge in [0.05, 0.1) is 29.8 Å². The van der Waals surface area contributed by atoms with Crippen LogP contribution in [-0.4, -0.2) is 34.6 Å². The minimum Gasteiger partial charge on any atom is -0.490 e. The highest BCUT2D eigenvalue weighted by Crippen LogP contribution is 2.32. The summed E-state index contributed by atoms with van der Waals surface area (Å²) in [6, 6.07) is 20.1. The number of hydrogen-bond acceptors (Lipinski definition) is 5. The second-order valence-electron chi connectivity index (χ2n) is 7.78. The number of nitrogens with zero attached hydrogens (tertiary/aromatic N) is 1. The first-order chi connectivity index (χ1) is 15.9. The number of carbonyl (C=O) groups is 1. The molecule has 33 heavy (non-hydrogen) atoms. The van der Waals surface area contributed by atoms with Gasteiger partial charge in [-0.15, -0.1) is 0 Å². The van der Waals surface area contributed by atoms with E-state index in [1.54, 1.807) is 24.3 Å². The van der Waals surface area contributed by atoms with E-state index in [1.807, 2.05) is 31.2 Å². The average Bonchev–Trinajstić information content (AvgIpc) is 3.09. The van der Waals surface area contributed by atoms with Crippen LogP contribution in [0.25, 0.3) is 0 Å². The van der Waals surface area contributed by atoms with Crippen LogP contribution in [0.4, 0.5) is 5.69 Å². The number of carbonyl (C=O) groups excluding carboxylic acids is 1. The normalized spacial score (nSPS) is 14.1. The molecule has 8 heteroatoms. The topological polar surface area (TPSA) is 84.9 Å². The maximum Gasteiger partial charge on any atom is 0.264 e. The first-order valence-corrected chi connectivity index (χ1v) is 12.1. The van der Waals surface area contributed by atoms with Gasteiger partial charge in [0.25, 0.3) is 15.9 Å². The number of anilines is 1. The van der Waals surface area contributed by atoms with E-state index in [0.29, 0.717) is 36.0 Å². The molecule has 0 bridgehead atoms. The Labute approximate surface area is 194 Å². The third-order valence-corrected chi connectivity index (χ3v) is 7.31. The minimum atomic E-state index is -3.74. The summed E-state index contributed by atoms with van der Waals surface area (Å²) in [6.45, 7) is 3.09. The summed E-state index contributed by atoms with van der Waals surface area (Å²) in [6.07, 6.45) is 0.823. The van der Waals surface area contributed by atoms with Crippen molar-refractivity contribution in [3.63, 3.8) is 0 Å². The Bertz CT molecular complexity index is 1230.